The minimum Gasteiger partial charge on any atom is -0.388 e. The maximum Gasteiger partial charge on any atom is 0.0812 e. The monoisotopic (exact) mass is 228 g/mol. The molecular weight excluding hydrogens is 216 g/mol. The molecule has 0 aromatic heterocycles. The summed E-state index contributed by atoms with van der Waals surface area (Å²) in [6, 6.07) is 7.77. The predicted molar refractivity (Wildman–Crippen MR) is 53.9 cm³/mol. The summed E-state index contributed by atoms with van der Waals surface area (Å²) in [5, 5.41) is 9.67. The van der Waals surface area contributed by atoms with E-state index in [9.17, 15) is 5.11 Å². The molecule has 0 amide bonds. The molecule has 1 aromatic rings. The Morgan fingerprint density at radius 1 is 1.17 bits per heavy atom. The molecule has 0 heterocycles. The number of halogens is 1. The fourth-order valence-corrected chi connectivity index (χ4v) is 1.31. The van der Waals surface area contributed by atoms with Crippen LogP contribution in [0.15, 0.2) is 28.7 Å². The highest BCUT2D eigenvalue weighted by Gasteiger charge is 2.10. The van der Waals surface area contributed by atoms with Crippen LogP contribution >= 0.6 is 15.9 Å². The zero-order chi connectivity index (χ0) is 9.14. The molecule has 0 saturated heterocycles. The highest BCUT2D eigenvalue weighted by molar-refractivity contribution is 9.10. The standard InChI is InChI=1S/C10H13BrO/c1-7(2)10(12)8-3-5-9(11)6-4-8/h3-7,10,12H,1-2H3. The van der Waals surface area contributed by atoms with Gasteiger partial charge in [-0.3, -0.25) is 0 Å². The molecule has 1 nitrogen and oxygen atoms in total. The van der Waals surface area contributed by atoms with Crippen molar-refractivity contribution in [3.8, 4) is 0 Å². The minimum absolute atomic E-state index is 0.270. The predicted octanol–water partition coefficient (Wildman–Crippen LogP) is 3.14. The molecule has 12 heavy (non-hydrogen) atoms. The van der Waals surface area contributed by atoms with E-state index in [1.807, 2.05) is 38.1 Å². The van der Waals surface area contributed by atoms with Crippen molar-refractivity contribution in [1.82, 2.24) is 0 Å². The molecule has 0 saturated carbocycles. The molecule has 1 aromatic carbocycles. The largest absolute Gasteiger partial charge is 0.388 e. The highest BCUT2D eigenvalue weighted by atomic mass is 79.9. The van der Waals surface area contributed by atoms with E-state index < -0.39 is 0 Å². The van der Waals surface area contributed by atoms with E-state index >= 15 is 0 Å². The first-order valence-corrected chi connectivity index (χ1v) is 4.84. The van der Waals surface area contributed by atoms with Crippen molar-refractivity contribution in [3.05, 3.63) is 34.3 Å². The van der Waals surface area contributed by atoms with Crippen LogP contribution < -0.4 is 0 Å². The van der Waals surface area contributed by atoms with E-state index in [1.165, 1.54) is 0 Å². The molecule has 1 unspecified atom stereocenters. The van der Waals surface area contributed by atoms with Gasteiger partial charge in [0.15, 0.2) is 0 Å². The van der Waals surface area contributed by atoms with E-state index in [0.29, 0.717) is 0 Å². The van der Waals surface area contributed by atoms with Crippen LogP contribution in [0.25, 0.3) is 0 Å². The van der Waals surface area contributed by atoms with E-state index in [2.05, 4.69) is 15.9 Å². The van der Waals surface area contributed by atoms with Crippen molar-refractivity contribution in [3.63, 3.8) is 0 Å². The van der Waals surface area contributed by atoms with Crippen LogP contribution in [-0.4, -0.2) is 5.11 Å². The Morgan fingerprint density at radius 3 is 2.08 bits per heavy atom. The summed E-state index contributed by atoms with van der Waals surface area (Å²) in [6.45, 7) is 4.01. The fourth-order valence-electron chi connectivity index (χ4n) is 1.04. The lowest BCUT2D eigenvalue weighted by atomic mass is 10.00. The Morgan fingerprint density at radius 2 is 1.67 bits per heavy atom. The number of rotatable bonds is 2. The van der Waals surface area contributed by atoms with Crippen LogP contribution in [0.5, 0.6) is 0 Å². The topological polar surface area (TPSA) is 20.2 Å². The second-order valence-corrected chi connectivity index (χ2v) is 4.16. The summed E-state index contributed by atoms with van der Waals surface area (Å²) in [5.74, 6) is 0.270. The number of hydrogen-bond donors (Lipinski definition) is 1. The molecule has 0 fully saturated rings. The number of hydrogen-bond acceptors (Lipinski definition) is 1. The third-order valence-corrected chi connectivity index (χ3v) is 2.37. The molecule has 0 aliphatic rings. The summed E-state index contributed by atoms with van der Waals surface area (Å²) < 4.78 is 1.04. The summed E-state index contributed by atoms with van der Waals surface area (Å²) >= 11 is 3.35. The van der Waals surface area contributed by atoms with Crippen LogP contribution in [0, 0.1) is 5.92 Å². The molecule has 1 atom stereocenters. The van der Waals surface area contributed by atoms with Crippen LogP contribution in [0.4, 0.5) is 0 Å². The Balaban J connectivity index is 2.82. The first-order chi connectivity index (χ1) is 5.61. The first-order valence-electron chi connectivity index (χ1n) is 4.05. The fraction of sp³-hybridized carbons (Fsp3) is 0.400. The van der Waals surface area contributed by atoms with Gasteiger partial charge in [0.25, 0.3) is 0 Å². The van der Waals surface area contributed by atoms with Gasteiger partial charge in [-0.25, -0.2) is 0 Å². The van der Waals surface area contributed by atoms with Crippen molar-refractivity contribution < 1.29 is 5.11 Å². The minimum atomic E-state index is -0.349. The van der Waals surface area contributed by atoms with Gasteiger partial charge < -0.3 is 5.11 Å². The Hall–Kier alpha value is -0.340. The summed E-state index contributed by atoms with van der Waals surface area (Å²) in [5.41, 5.74) is 0.980. The third kappa shape index (κ3) is 2.32. The van der Waals surface area contributed by atoms with Gasteiger partial charge >= 0.3 is 0 Å². The van der Waals surface area contributed by atoms with Gasteiger partial charge in [-0.05, 0) is 23.6 Å². The van der Waals surface area contributed by atoms with Crippen molar-refractivity contribution >= 4 is 15.9 Å². The molecular formula is C10H13BrO. The van der Waals surface area contributed by atoms with Crippen LogP contribution in [0.2, 0.25) is 0 Å². The van der Waals surface area contributed by atoms with Crippen LogP contribution in [0.3, 0.4) is 0 Å². The summed E-state index contributed by atoms with van der Waals surface area (Å²) in [6.07, 6.45) is -0.349. The molecule has 0 spiro atoms. The maximum atomic E-state index is 9.67. The summed E-state index contributed by atoms with van der Waals surface area (Å²) in [7, 11) is 0. The zero-order valence-corrected chi connectivity index (χ0v) is 8.88. The van der Waals surface area contributed by atoms with E-state index in [1.54, 1.807) is 0 Å². The molecule has 0 aliphatic carbocycles. The lowest BCUT2D eigenvalue weighted by Gasteiger charge is -2.14. The van der Waals surface area contributed by atoms with Gasteiger partial charge in [0, 0.05) is 4.47 Å². The van der Waals surface area contributed by atoms with Gasteiger partial charge in [0.1, 0.15) is 0 Å². The smallest absolute Gasteiger partial charge is 0.0812 e. The summed E-state index contributed by atoms with van der Waals surface area (Å²) in [4.78, 5) is 0. The van der Waals surface area contributed by atoms with Crippen molar-refractivity contribution in [2.45, 2.75) is 20.0 Å². The van der Waals surface area contributed by atoms with E-state index in [-0.39, 0.29) is 12.0 Å². The van der Waals surface area contributed by atoms with Gasteiger partial charge in [0.2, 0.25) is 0 Å². The van der Waals surface area contributed by atoms with E-state index in [0.717, 1.165) is 10.0 Å². The first kappa shape index (κ1) is 9.75. The van der Waals surface area contributed by atoms with Gasteiger partial charge in [-0.15, -0.1) is 0 Å². The molecule has 1 N–H and O–H groups in total. The zero-order valence-electron chi connectivity index (χ0n) is 7.29. The molecule has 66 valence electrons. The Bertz CT molecular complexity index is 241. The van der Waals surface area contributed by atoms with Crippen LogP contribution in [0.1, 0.15) is 25.5 Å². The molecule has 2 heteroatoms. The third-order valence-electron chi connectivity index (χ3n) is 1.84. The highest BCUT2D eigenvalue weighted by Crippen LogP contribution is 2.22. The van der Waals surface area contributed by atoms with Gasteiger partial charge in [0.05, 0.1) is 6.10 Å². The van der Waals surface area contributed by atoms with Crippen molar-refractivity contribution in [2.24, 2.45) is 5.92 Å². The van der Waals surface area contributed by atoms with Gasteiger partial charge in [-0.1, -0.05) is 41.9 Å². The molecule has 0 aliphatic heterocycles. The van der Waals surface area contributed by atoms with Crippen molar-refractivity contribution in [1.29, 1.82) is 0 Å². The van der Waals surface area contributed by atoms with E-state index in [4.69, 9.17) is 0 Å². The van der Waals surface area contributed by atoms with Crippen molar-refractivity contribution in [2.75, 3.05) is 0 Å². The Kier molecular flexibility index (Phi) is 3.29. The quantitative estimate of drug-likeness (QED) is 0.825. The average Bonchev–Trinajstić information content (AvgIpc) is 2.04. The number of benzene rings is 1. The molecule has 1 rings (SSSR count). The second kappa shape index (κ2) is 4.06. The normalized spacial score (nSPS) is 13.4. The number of aliphatic hydroxyl groups excluding tert-OH is 1. The second-order valence-electron chi connectivity index (χ2n) is 3.24. The van der Waals surface area contributed by atoms with Gasteiger partial charge in [-0.2, -0.15) is 0 Å². The van der Waals surface area contributed by atoms with Crippen LogP contribution in [-0.2, 0) is 0 Å². The molecule has 0 radical (unpaired) electrons. The Labute approximate surface area is 81.6 Å². The average molecular weight is 229 g/mol. The maximum absolute atomic E-state index is 9.67. The lowest BCUT2D eigenvalue weighted by molar-refractivity contribution is 0.127. The lowest BCUT2D eigenvalue weighted by Crippen LogP contribution is -2.04. The molecule has 0 bridgehead atoms. The number of aliphatic hydroxyl groups is 1. The SMILES string of the molecule is CC(C)C(O)c1ccc(Br)cc1.